The molecule has 0 saturated heterocycles. The fourth-order valence-corrected chi connectivity index (χ4v) is 1.70. The molecule has 86 valence electrons. The predicted octanol–water partition coefficient (Wildman–Crippen LogP) is 2.76. The Kier molecular flexibility index (Phi) is 5.45. The van der Waals surface area contributed by atoms with Crippen LogP contribution >= 0.6 is 0 Å². The third-order valence-corrected chi connectivity index (χ3v) is 2.45. The van der Waals surface area contributed by atoms with Crippen molar-refractivity contribution in [2.45, 2.75) is 26.3 Å². The summed E-state index contributed by atoms with van der Waals surface area (Å²) >= 11 is 0. The molecule has 0 heterocycles. The average Bonchev–Trinajstić information content (AvgIpc) is 2.34. The Morgan fingerprint density at radius 2 is 2.12 bits per heavy atom. The molecule has 1 aromatic carbocycles. The van der Waals surface area contributed by atoms with Gasteiger partial charge in [-0.25, -0.2) is 0 Å². The molecule has 0 aliphatic rings. The summed E-state index contributed by atoms with van der Waals surface area (Å²) in [7, 11) is 1.70. The Labute approximate surface area is 98.0 Å². The molecule has 1 rings (SSSR count). The van der Waals surface area contributed by atoms with E-state index in [0.29, 0.717) is 0 Å². The van der Waals surface area contributed by atoms with E-state index in [-0.39, 0.29) is 6.04 Å². The first-order valence-electron chi connectivity index (χ1n) is 5.59. The highest BCUT2D eigenvalue weighted by molar-refractivity contribution is 5.36. The Bertz CT molecular complexity index is 376. The average molecular weight is 217 g/mol. The zero-order chi connectivity index (χ0) is 11.8. The van der Waals surface area contributed by atoms with Gasteiger partial charge in [-0.2, -0.15) is 0 Å². The van der Waals surface area contributed by atoms with E-state index in [0.717, 1.165) is 18.7 Å². The standard InChI is InChI=1S/C14H19NO/c1-4-6-10-13(15-5-2)12-9-7-8-11-14(12)16-3/h7-9,11,13,15H,5,10H2,1-3H3. The van der Waals surface area contributed by atoms with Crippen LogP contribution in [0.2, 0.25) is 0 Å². The molecule has 1 aromatic rings. The van der Waals surface area contributed by atoms with Crippen molar-refractivity contribution in [3.8, 4) is 17.6 Å². The van der Waals surface area contributed by atoms with E-state index in [1.54, 1.807) is 7.11 Å². The highest BCUT2D eigenvalue weighted by Crippen LogP contribution is 2.26. The van der Waals surface area contributed by atoms with Crippen molar-refractivity contribution < 1.29 is 4.74 Å². The smallest absolute Gasteiger partial charge is 0.123 e. The first-order valence-corrected chi connectivity index (χ1v) is 5.59. The fraction of sp³-hybridized carbons (Fsp3) is 0.429. The van der Waals surface area contributed by atoms with Crippen LogP contribution in [-0.4, -0.2) is 13.7 Å². The number of para-hydroxylation sites is 1. The van der Waals surface area contributed by atoms with Gasteiger partial charge in [0.05, 0.1) is 7.11 Å². The van der Waals surface area contributed by atoms with Crippen molar-refractivity contribution in [1.82, 2.24) is 5.32 Å². The molecule has 0 radical (unpaired) electrons. The van der Waals surface area contributed by atoms with Crippen LogP contribution in [0, 0.1) is 11.8 Å². The summed E-state index contributed by atoms with van der Waals surface area (Å²) in [5.74, 6) is 6.97. The van der Waals surface area contributed by atoms with Crippen LogP contribution in [0.5, 0.6) is 5.75 Å². The Morgan fingerprint density at radius 3 is 2.75 bits per heavy atom. The lowest BCUT2D eigenvalue weighted by Gasteiger charge is -2.18. The number of methoxy groups -OCH3 is 1. The van der Waals surface area contributed by atoms with Crippen LogP contribution in [0.4, 0.5) is 0 Å². The second-order valence-electron chi connectivity index (χ2n) is 3.48. The molecule has 1 atom stereocenters. The molecule has 0 aliphatic carbocycles. The number of benzene rings is 1. The van der Waals surface area contributed by atoms with Crippen LogP contribution in [-0.2, 0) is 0 Å². The van der Waals surface area contributed by atoms with Gasteiger partial charge in [-0.15, -0.1) is 11.8 Å². The number of rotatable bonds is 5. The minimum Gasteiger partial charge on any atom is -0.496 e. The van der Waals surface area contributed by atoms with Gasteiger partial charge in [-0.05, 0) is 19.5 Å². The topological polar surface area (TPSA) is 21.3 Å². The summed E-state index contributed by atoms with van der Waals surface area (Å²) in [6.45, 7) is 4.89. The Morgan fingerprint density at radius 1 is 1.38 bits per heavy atom. The van der Waals surface area contributed by atoms with Gasteiger partial charge < -0.3 is 10.1 Å². The Balaban J connectivity index is 2.93. The molecular weight excluding hydrogens is 198 g/mol. The summed E-state index contributed by atoms with van der Waals surface area (Å²) in [4.78, 5) is 0. The van der Waals surface area contributed by atoms with Crippen molar-refractivity contribution in [2.24, 2.45) is 0 Å². The van der Waals surface area contributed by atoms with Crippen molar-refractivity contribution >= 4 is 0 Å². The third kappa shape index (κ3) is 3.29. The van der Waals surface area contributed by atoms with E-state index in [9.17, 15) is 0 Å². The van der Waals surface area contributed by atoms with Gasteiger partial charge in [0.15, 0.2) is 0 Å². The monoisotopic (exact) mass is 217 g/mol. The second-order valence-corrected chi connectivity index (χ2v) is 3.48. The molecule has 1 unspecified atom stereocenters. The van der Waals surface area contributed by atoms with E-state index in [1.807, 2.05) is 25.1 Å². The maximum Gasteiger partial charge on any atom is 0.123 e. The molecule has 2 heteroatoms. The lowest BCUT2D eigenvalue weighted by Crippen LogP contribution is -2.21. The minimum atomic E-state index is 0.244. The lowest BCUT2D eigenvalue weighted by molar-refractivity contribution is 0.400. The lowest BCUT2D eigenvalue weighted by atomic mass is 10.0. The van der Waals surface area contributed by atoms with Crippen LogP contribution in [0.3, 0.4) is 0 Å². The maximum absolute atomic E-state index is 5.36. The fourth-order valence-electron chi connectivity index (χ4n) is 1.70. The molecule has 2 nitrogen and oxygen atoms in total. The van der Waals surface area contributed by atoms with Crippen molar-refractivity contribution in [2.75, 3.05) is 13.7 Å². The summed E-state index contributed by atoms with van der Waals surface area (Å²) in [5, 5.41) is 3.43. The second kappa shape index (κ2) is 6.92. The molecule has 0 spiro atoms. The van der Waals surface area contributed by atoms with Gasteiger partial charge in [-0.1, -0.05) is 25.1 Å². The van der Waals surface area contributed by atoms with Crippen molar-refractivity contribution in [3.05, 3.63) is 29.8 Å². The van der Waals surface area contributed by atoms with Gasteiger partial charge in [0.1, 0.15) is 5.75 Å². The zero-order valence-corrected chi connectivity index (χ0v) is 10.2. The molecule has 0 fully saturated rings. The molecule has 0 aliphatic heterocycles. The van der Waals surface area contributed by atoms with Crippen LogP contribution < -0.4 is 10.1 Å². The van der Waals surface area contributed by atoms with Gasteiger partial charge in [0.25, 0.3) is 0 Å². The summed E-state index contributed by atoms with van der Waals surface area (Å²) in [6, 6.07) is 8.33. The van der Waals surface area contributed by atoms with Crippen LogP contribution in [0.15, 0.2) is 24.3 Å². The number of hydrogen-bond donors (Lipinski definition) is 1. The largest absolute Gasteiger partial charge is 0.496 e. The van der Waals surface area contributed by atoms with Gasteiger partial charge in [0.2, 0.25) is 0 Å². The quantitative estimate of drug-likeness (QED) is 0.766. The summed E-state index contributed by atoms with van der Waals surface area (Å²) in [5.41, 5.74) is 1.18. The van der Waals surface area contributed by atoms with E-state index in [4.69, 9.17) is 4.74 Å². The molecule has 0 saturated carbocycles. The molecule has 0 bridgehead atoms. The zero-order valence-electron chi connectivity index (χ0n) is 10.2. The number of hydrogen-bond acceptors (Lipinski definition) is 2. The van der Waals surface area contributed by atoms with Crippen molar-refractivity contribution in [1.29, 1.82) is 0 Å². The number of nitrogens with one attached hydrogen (secondary N) is 1. The van der Waals surface area contributed by atoms with E-state index < -0.39 is 0 Å². The minimum absolute atomic E-state index is 0.244. The number of ether oxygens (including phenoxy) is 1. The third-order valence-electron chi connectivity index (χ3n) is 2.45. The predicted molar refractivity (Wildman–Crippen MR) is 67.5 cm³/mol. The SMILES string of the molecule is CC#CCC(NCC)c1ccccc1OC. The maximum atomic E-state index is 5.36. The summed E-state index contributed by atoms with van der Waals surface area (Å²) < 4.78 is 5.36. The van der Waals surface area contributed by atoms with Crippen LogP contribution in [0.1, 0.15) is 31.9 Å². The Hall–Kier alpha value is -1.46. The van der Waals surface area contributed by atoms with E-state index in [1.165, 1.54) is 5.56 Å². The molecule has 0 aromatic heterocycles. The van der Waals surface area contributed by atoms with Crippen molar-refractivity contribution in [3.63, 3.8) is 0 Å². The highest BCUT2D eigenvalue weighted by atomic mass is 16.5. The molecule has 0 amide bonds. The van der Waals surface area contributed by atoms with E-state index in [2.05, 4.69) is 30.1 Å². The van der Waals surface area contributed by atoms with Gasteiger partial charge >= 0.3 is 0 Å². The van der Waals surface area contributed by atoms with E-state index >= 15 is 0 Å². The normalized spacial score (nSPS) is 11.4. The van der Waals surface area contributed by atoms with Gasteiger partial charge in [0, 0.05) is 18.0 Å². The van der Waals surface area contributed by atoms with Gasteiger partial charge in [-0.3, -0.25) is 0 Å². The molecule has 1 N–H and O–H groups in total. The first kappa shape index (κ1) is 12.6. The highest BCUT2D eigenvalue weighted by Gasteiger charge is 2.13. The first-order chi connectivity index (χ1) is 7.83. The molecule has 16 heavy (non-hydrogen) atoms. The summed E-state index contributed by atoms with van der Waals surface area (Å²) in [6.07, 6.45) is 0.810. The van der Waals surface area contributed by atoms with Crippen LogP contribution in [0.25, 0.3) is 0 Å². The molecular formula is C14H19NO.